The van der Waals surface area contributed by atoms with Crippen LogP contribution >= 0.6 is 0 Å². The first kappa shape index (κ1) is 9.23. The topological polar surface area (TPSA) is 35.2 Å². The summed E-state index contributed by atoms with van der Waals surface area (Å²) in [7, 11) is 1.69. The van der Waals surface area contributed by atoms with Crippen LogP contribution in [-0.2, 0) is 11.3 Å². The highest BCUT2D eigenvalue weighted by molar-refractivity contribution is 5.24. The fraction of sp³-hybridized carbons (Fsp3) is 0.400. The lowest BCUT2D eigenvalue weighted by atomic mass is 10.1. The van der Waals surface area contributed by atoms with Crippen molar-refractivity contribution in [2.45, 2.75) is 19.6 Å². The lowest BCUT2D eigenvalue weighted by molar-refractivity contribution is 0.185. The second kappa shape index (κ2) is 4.24. The average molecular weight is 165 g/mol. The molecule has 0 aliphatic heterocycles. The third-order valence-electron chi connectivity index (χ3n) is 1.79. The Kier molecular flexibility index (Phi) is 3.26. The molecule has 1 rings (SSSR count). The van der Waals surface area contributed by atoms with Crippen LogP contribution in [0.1, 0.15) is 24.1 Å². The predicted molar refractivity (Wildman–Crippen MR) is 49.8 cm³/mol. The summed E-state index contributed by atoms with van der Waals surface area (Å²) < 4.78 is 5.02. The number of benzene rings is 1. The summed E-state index contributed by atoms with van der Waals surface area (Å²) in [5.74, 6) is 0. The summed E-state index contributed by atoms with van der Waals surface area (Å²) >= 11 is 0. The first-order valence-corrected chi connectivity index (χ1v) is 4.07. The van der Waals surface area contributed by atoms with E-state index in [1.54, 1.807) is 7.11 Å². The van der Waals surface area contributed by atoms with Crippen LogP contribution in [0.25, 0.3) is 0 Å². The molecule has 0 aliphatic rings. The van der Waals surface area contributed by atoms with Gasteiger partial charge in [-0.2, -0.15) is 0 Å². The zero-order chi connectivity index (χ0) is 8.97. The lowest BCUT2D eigenvalue weighted by Gasteiger charge is -2.07. The molecule has 1 aromatic rings. The van der Waals surface area contributed by atoms with Gasteiger partial charge in [0.2, 0.25) is 0 Å². The molecule has 0 radical (unpaired) electrons. The van der Waals surface area contributed by atoms with Crippen molar-refractivity contribution >= 4 is 0 Å². The number of rotatable bonds is 3. The normalized spacial score (nSPS) is 12.9. The molecule has 1 atom stereocenters. The average Bonchev–Trinajstić information content (AvgIpc) is 2.05. The van der Waals surface area contributed by atoms with Gasteiger partial charge in [0.05, 0.1) is 6.61 Å². The van der Waals surface area contributed by atoms with Crippen LogP contribution in [0.15, 0.2) is 24.3 Å². The maximum atomic E-state index is 5.74. The molecular formula is C10H15NO. The largest absolute Gasteiger partial charge is 0.380 e. The quantitative estimate of drug-likeness (QED) is 0.741. The maximum Gasteiger partial charge on any atom is 0.0713 e. The monoisotopic (exact) mass is 165 g/mol. The summed E-state index contributed by atoms with van der Waals surface area (Å²) in [5, 5.41) is 0. The summed E-state index contributed by atoms with van der Waals surface area (Å²) in [6.07, 6.45) is 0. The number of hydrogen-bond donors (Lipinski definition) is 1. The predicted octanol–water partition coefficient (Wildman–Crippen LogP) is 1.85. The van der Waals surface area contributed by atoms with Crippen LogP contribution in [0.5, 0.6) is 0 Å². The highest BCUT2D eigenvalue weighted by Crippen LogP contribution is 2.11. The summed E-state index contributed by atoms with van der Waals surface area (Å²) in [6, 6.07) is 8.25. The molecule has 2 nitrogen and oxygen atoms in total. The second-order valence-corrected chi connectivity index (χ2v) is 2.97. The fourth-order valence-electron chi connectivity index (χ4n) is 1.13. The SMILES string of the molecule is COCc1cccc([C@H](C)N)c1. The van der Waals surface area contributed by atoms with Gasteiger partial charge in [-0.25, -0.2) is 0 Å². The Balaban J connectivity index is 2.81. The van der Waals surface area contributed by atoms with E-state index in [0.29, 0.717) is 6.61 Å². The van der Waals surface area contributed by atoms with Gasteiger partial charge in [-0.3, -0.25) is 0 Å². The molecule has 0 saturated heterocycles. The van der Waals surface area contributed by atoms with Crippen molar-refractivity contribution in [3.8, 4) is 0 Å². The van der Waals surface area contributed by atoms with E-state index in [9.17, 15) is 0 Å². The van der Waals surface area contributed by atoms with Crippen molar-refractivity contribution in [2.24, 2.45) is 5.73 Å². The zero-order valence-corrected chi connectivity index (χ0v) is 7.58. The summed E-state index contributed by atoms with van der Waals surface area (Å²) in [4.78, 5) is 0. The van der Waals surface area contributed by atoms with E-state index in [2.05, 4.69) is 6.07 Å². The molecule has 0 aliphatic carbocycles. The molecule has 0 spiro atoms. The Morgan fingerprint density at radius 2 is 2.25 bits per heavy atom. The van der Waals surface area contributed by atoms with Gasteiger partial charge in [0.1, 0.15) is 0 Å². The van der Waals surface area contributed by atoms with Crippen molar-refractivity contribution in [3.05, 3.63) is 35.4 Å². The van der Waals surface area contributed by atoms with Crippen LogP contribution in [0.3, 0.4) is 0 Å². The molecule has 0 unspecified atom stereocenters. The van der Waals surface area contributed by atoms with E-state index in [1.165, 1.54) is 5.56 Å². The molecule has 2 N–H and O–H groups in total. The molecule has 0 fully saturated rings. The molecule has 0 heterocycles. The minimum atomic E-state index is 0.0989. The highest BCUT2D eigenvalue weighted by atomic mass is 16.5. The molecule has 66 valence electrons. The van der Waals surface area contributed by atoms with Gasteiger partial charge in [-0.05, 0) is 18.1 Å². The van der Waals surface area contributed by atoms with Crippen LogP contribution < -0.4 is 5.73 Å². The summed E-state index contributed by atoms with van der Waals surface area (Å²) in [5.41, 5.74) is 8.07. The van der Waals surface area contributed by atoms with E-state index in [4.69, 9.17) is 10.5 Å². The van der Waals surface area contributed by atoms with Gasteiger partial charge in [-0.15, -0.1) is 0 Å². The van der Waals surface area contributed by atoms with E-state index in [1.807, 2.05) is 25.1 Å². The van der Waals surface area contributed by atoms with Crippen molar-refractivity contribution in [1.82, 2.24) is 0 Å². The number of methoxy groups -OCH3 is 1. The first-order valence-electron chi connectivity index (χ1n) is 4.07. The highest BCUT2D eigenvalue weighted by Gasteiger charge is 1.99. The van der Waals surface area contributed by atoms with Gasteiger partial charge in [0, 0.05) is 13.2 Å². The van der Waals surface area contributed by atoms with Crippen molar-refractivity contribution < 1.29 is 4.74 Å². The zero-order valence-electron chi connectivity index (χ0n) is 7.58. The van der Waals surface area contributed by atoms with Gasteiger partial charge in [0.15, 0.2) is 0 Å². The Morgan fingerprint density at radius 3 is 2.83 bits per heavy atom. The van der Waals surface area contributed by atoms with Gasteiger partial charge in [0.25, 0.3) is 0 Å². The molecule has 2 heteroatoms. The van der Waals surface area contributed by atoms with E-state index in [0.717, 1.165) is 5.56 Å². The van der Waals surface area contributed by atoms with Gasteiger partial charge in [-0.1, -0.05) is 24.3 Å². The molecule has 0 saturated carbocycles. The Bertz CT molecular complexity index is 245. The van der Waals surface area contributed by atoms with E-state index < -0.39 is 0 Å². The van der Waals surface area contributed by atoms with Crippen molar-refractivity contribution in [1.29, 1.82) is 0 Å². The maximum absolute atomic E-state index is 5.74. The van der Waals surface area contributed by atoms with Gasteiger partial charge < -0.3 is 10.5 Å². The Hall–Kier alpha value is -0.860. The number of ether oxygens (including phenoxy) is 1. The molecule has 0 bridgehead atoms. The van der Waals surface area contributed by atoms with Crippen LogP contribution in [0, 0.1) is 0 Å². The molecule has 0 aromatic heterocycles. The molecule has 12 heavy (non-hydrogen) atoms. The smallest absolute Gasteiger partial charge is 0.0713 e. The number of hydrogen-bond acceptors (Lipinski definition) is 2. The Morgan fingerprint density at radius 1 is 1.50 bits per heavy atom. The minimum Gasteiger partial charge on any atom is -0.380 e. The van der Waals surface area contributed by atoms with Crippen LogP contribution in [0.2, 0.25) is 0 Å². The second-order valence-electron chi connectivity index (χ2n) is 2.97. The van der Waals surface area contributed by atoms with Crippen molar-refractivity contribution in [3.63, 3.8) is 0 Å². The third-order valence-corrected chi connectivity index (χ3v) is 1.79. The first-order chi connectivity index (χ1) is 5.74. The van der Waals surface area contributed by atoms with Gasteiger partial charge >= 0.3 is 0 Å². The molecule has 0 amide bonds. The minimum absolute atomic E-state index is 0.0989. The van der Waals surface area contributed by atoms with E-state index in [-0.39, 0.29) is 6.04 Å². The third kappa shape index (κ3) is 2.32. The van der Waals surface area contributed by atoms with Crippen LogP contribution in [-0.4, -0.2) is 7.11 Å². The van der Waals surface area contributed by atoms with Crippen LogP contribution in [0.4, 0.5) is 0 Å². The molecule has 1 aromatic carbocycles. The standard InChI is InChI=1S/C10H15NO/c1-8(11)10-5-3-4-9(6-10)7-12-2/h3-6,8H,7,11H2,1-2H3/t8-/m0/s1. The Labute approximate surface area is 73.3 Å². The lowest BCUT2D eigenvalue weighted by Crippen LogP contribution is -2.05. The number of nitrogens with two attached hydrogens (primary N) is 1. The van der Waals surface area contributed by atoms with Crippen molar-refractivity contribution in [2.75, 3.05) is 7.11 Å². The fourth-order valence-corrected chi connectivity index (χ4v) is 1.13. The summed E-state index contributed by atoms with van der Waals surface area (Å²) in [6.45, 7) is 2.63. The van der Waals surface area contributed by atoms with E-state index >= 15 is 0 Å². The molecular weight excluding hydrogens is 150 g/mol.